The number of aromatic nitrogens is 3. The number of hydrogen-bond acceptors (Lipinski definition) is 3. The second-order valence-electron chi connectivity index (χ2n) is 4.31. The molecule has 0 aliphatic heterocycles. The van der Waals surface area contributed by atoms with E-state index in [1.165, 1.54) is 0 Å². The van der Waals surface area contributed by atoms with Crippen molar-refractivity contribution in [3.05, 3.63) is 57.2 Å². The standard InChI is InChI=1S/C14H9BrCl2N4/c15-8-4-5-12(19-6-8)21-7-11(18)14(20-21)9-2-1-3-10(16)13(9)17/h1-7H,18H2. The van der Waals surface area contributed by atoms with Gasteiger partial charge in [-0.2, -0.15) is 5.10 Å². The van der Waals surface area contributed by atoms with E-state index in [2.05, 4.69) is 26.0 Å². The molecule has 2 heterocycles. The molecule has 0 fully saturated rings. The maximum absolute atomic E-state index is 6.22. The first kappa shape index (κ1) is 14.4. The van der Waals surface area contributed by atoms with Crippen molar-refractivity contribution < 1.29 is 0 Å². The van der Waals surface area contributed by atoms with Crippen LogP contribution in [0.2, 0.25) is 10.0 Å². The molecule has 0 atom stereocenters. The van der Waals surface area contributed by atoms with Gasteiger partial charge in [0, 0.05) is 16.2 Å². The van der Waals surface area contributed by atoms with Crippen molar-refractivity contribution in [1.82, 2.24) is 14.8 Å². The van der Waals surface area contributed by atoms with Crippen molar-refractivity contribution in [2.75, 3.05) is 5.73 Å². The molecule has 2 aromatic heterocycles. The van der Waals surface area contributed by atoms with E-state index in [-0.39, 0.29) is 0 Å². The molecule has 0 aliphatic rings. The van der Waals surface area contributed by atoms with Crippen LogP contribution in [0.1, 0.15) is 0 Å². The third kappa shape index (κ3) is 2.77. The summed E-state index contributed by atoms with van der Waals surface area (Å²) in [7, 11) is 0. The molecule has 0 bridgehead atoms. The zero-order valence-electron chi connectivity index (χ0n) is 10.6. The second kappa shape index (κ2) is 5.67. The quantitative estimate of drug-likeness (QED) is 0.704. The molecule has 0 radical (unpaired) electrons. The molecular weight excluding hydrogens is 375 g/mol. The number of pyridine rings is 1. The molecule has 0 saturated carbocycles. The highest BCUT2D eigenvalue weighted by Gasteiger charge is 2.14. The van der Waals surface area contributed by atoms with Gasteiger partial charge >= 0.3 is 0 Å². The highest BCUT2D eigenvalue weighted by atomic mass is 79.9. The lowest BCUT2D eigenvalue weighted by Gasteiger charge is -2.03. The summed E-state index contributed by atoms with van der Waals surface area (Å²) in [4.78, 5) is 4.28. The van der Waals surface area contributed by atoms with Gasteiger partial charge in [-0.1, -0.05) is 35.3 Å². The van der Waals surface area contributed by atoms with Gasteiger partial charge in [0.25, 0.3) is 0 Å². The average molecular weight is 384 g/mol. The van der Waals surface area contributed by atoms with E-state index < -0.39 is 0 Å². The lowest BCUT2D eigenvalue weighted by atomic mass is 10.1. The van der Waals surface area contributed by atoms with E-state index in [4.69, 9.17) is 28.9 Å². The maximum Gasteiger partial charge on any atom is 0.153 e. The lowest BCUT2D eigenvalue weighted by Crippen LogP contribution is -1.97. The predicted octanol–water partition coefficient (Wildman–Crippen LogP) is 4.59. The highest BCUT2D eigenvalue weighted by Crippen LogP contribution is 2.35. The maximum atomic E-state index is 6.22. The molecule has 0 amide bonds. The summed E-state index contributed by atoms with van der Waals surface area (Å²) >= 11 is 15.6. The van der Waals surface area contributed by atoms with Crippen LogP contribution < -0.4 is 5.73 Å². The number of rotatable bonds is 2. The van der Waals surface area contributed by atoms with Gasteiger partial charge in [-0.05, 0) is 34.1 Å². The molecule has 0 spiro atoms. The van der Waals surface area contributed by atoms with E-state index >= 15 is 0 Å². The van der Waals surface area contributed by atoms with Crippen molar-refractivity contribution in [2.24, 2.45) is 0 Å². The van der Waals surface area contributed by atoms with Crippen LogP contribution in [0.3, 0.4) is 0 Å². The number of hydrogen-bond donors (Lipinski definition) is 1. The summed E-state index contributed by atoms with van der Waals surface area (Å²) in [6, 6.07) is 9.06. The minimum atomic E-state index is 0.430. The fraction of sp³-hybridized carbons (Fsp3) is 0. The molecule has 106 valence electrons. The lowest BCUT2D eigenvalue weighted by molar-refractivity contribution is 0.849. The van der Waals surface area contributed by atoms with Crippen molar-refractivity contribution in [1.29, 1.82) is 0 Å². The number of nitrogens with two attached hydrogens (primary N) is 1. The molecule has 4 nitrogen and oxygen atoms in total. The third-order valence-corrected chi connectivity index (χ3v) is 4.18. The smallest absolute Gasteiger partial charge is 0.153 e. The number of benzene rings is 1. The summed E-state index contributed by atoms with van der Waals surface area (Å²) in [6.45, 7) is 0. The summed E-state index contributed by atoms with van der Waals surface area (Å²) in [5, 5.41) is 5.35. The number of nitrogens with zero attached hydrogens (tertiary/aromatic N) is 3. The zero-order valence-corrected chi connectivity index (χ0v) is 13.7. The molecule has 3 rings (SSSR count). The first-order valence-electron chi connectivity index (χ1n) is 5.97. The Labute approximate surface area is 139 Å². The van der Waals surface area contributed by atoms with Crippen LogP contribution in [-0.2, 0) is 0 Å². The molecule has 21 heavy (non-hydrogen) atoms. The van der Waals surface area contributed by atoms with Gasteiger partial charge in [0.1, 0.15) is 5.69 Å². The van der Waals surface area contributed by atoms with Gasteiger partial charge in [-0.3, -0.25) is 0 Å². The molecule has 0 unspecified atom stereocenters. The fourth-order valence-corrected chi connectivity index (χ4v) is 2.53. The Hall–Kier alpha value is -1.56. The van der Waals surface area contributed by atoms with Crippen molar-refractivity contribution in [3.8, 4) is 17.1 Å². The Morgan fingerprint density at radius 2 is 1.95 bits per heavy atom. The Morgan fingerprint density at radius 1 is 1.14 bits per heavy atom. The van der Waals surface area contributed by atoms with Crippen LogP contribution in [0.25, 0.3) is 17.1 Å². The average Bonchev–Trinajstić information content (AvgIpc) is 2.84. The van der Waals surface area contributed by atoms with Crippen LogP contribution in [0.5, 0.6) is 0 Å². The van der Waals surface area contributed by atoms with Gasteiger partial charge < -0.3 is 5.73 Å². The third-order valence-electron chi connectivity index (χ3n) is 2.90. The summed E-state index contributed by atoms with van der Waals surface area (Å²) < 4.78 is 2.50. The van der Waals surface area contributed by atoms with Gasteiger partial charge in [0.2, 0.25) is 0 Å². The van der Waals surface area contributed by atoms with Gasteiger partial charge in [-0.25, -0.2) is 9.67 Å². The summed E-state index contributed by atoms with van der Waals surface area (Å²) in [5.41, 5.74) is 7.81. The topological polar surface area (TPSA) is 56.7 Å². The first-order chi connectivity index (χ1) is 10.1. The van der Waals surface area contributed by atoms with Crippen molar-refractivity contribution >= 4 is 44.8 Å². The Kier molecular flexibility index (Phi) is 3.89. The van der Waals surface area contributed by atoms with Crippen LogP contribution in [0.15, 0.2) is 47.2 Å². The Balaban J connectivity index is 2.10. The van der Waals surface area contributed by atoms with E-state index in [1.54, 1.807) is 29.2 Å². The molecular formula is C14H9BrCl2N4. The Morgan fingerprint density at radius 3 is 2.67 bits per heavy atom. The number of nitrogen functional groups attached to an aromatic ring is 1. The fourth-order valence-electron chi connectivity index (χ4n) is 1.90. The summed E-state index contributed by atoms with van der Waals surface area (Å²) in [6.07, 6.45) is 3.39. The number of halogens is 3. The largest absolute Gasteiger partial charge is 0.396 e. The van der Waals surface area contributed by atoms with E-state index in [0.717, 1.165) is 4.47 Å². The molecule has 2 N–H and O–H groups in total. The van der Waals surface area contributed by atoms with Gasteiger partial charge in [0.15, 0.2) is 5.82 Å². The van der Waals surface area contributed by atoms with Gasteiger partial charge in [0.05, 0.1) is 21.9 Å². The van der Waals surface area contributed by atoms with Crippen LogP contribution in [0, 0.1) is 0 Å². The van der Waals surface area contributed by atoms with E-state index in [1.807, 2.05) is 18.2 Å². The van der Waals surface area contributed by atoms with Crippen LogP contribution >= 0.6 is 39.1 Å². The monoisotopic (exact) mass is 382 g/mol. The van der Waals surface area contributed by atoms with E-state index in [0.29, 0.717) is 32.8 Å². The van der Waals surface area contributed by atoms with Crippen molar-refractivity contribution in [3.63, 3.8) is 0 Å². The van der Waals surface area contributed by atoms with Crippen LogP contribution in [-0.4, -0.2) is 14.8 Å². The minimum absolute atomic E-state index is 0.430. The van der Waals surface area contributed by atoms with Gasteiger partial charge in [-0.15, -0.1) is 0 Å². The van der Waals surface area contributed by atoms with Crippen molar-refractivity contribution in [2.45, 2.75) is 0 Å². The highest BCUT2D eigenvalue weighted by molar-refractivity contribution is 9.10. The predicted molar refractivity (Wildman–Crippen MR) is 88.9 cm³/mol. The molecule has 7 heteroatoms. The number of anilines is 1. The zero-order chi connectivity index (χ0) is 15.0. The molecule has 3 aromatic rings. The first-order valence-corrected chi connectivity index (χ1v) is 7.52. The second-order valence-corrected chi connectivity index (χ2v) is 6.01. The minimum Gasteiger partial charge on any atom is -0.396 e. The SMILES string of the molecule is Nc1cn(-c2ccc(Br)cn2)nc1-c1cccc(Cl)c1Cl. The molecule has 0 saturated heterocycles. The van der Waals surface area contributed by atoms with E-state index in [9.17, 15) is 0 Å². The normalized spacial score (nSPS) is 10.8. The Bertz CT molecular complexity index is 799. The van der Waals surface area contributed by atoms with Crippen LogP contribution in [0.4, 0.5) is 5.69 Å². The molecule has 0 aliphatic carbocycles. The molecule has 1 aromatic carbocycles. The summed E-state index contributed by atoms with van der Waals surface area (Å²) in [5.74, 6) is 0.661.